The van der Waals surface area contributed by atoms with Gasteiger partial charge in [0.05, 0.1) is 27.4 Å². The molecule has 1 aromatic heterocycles. The molecule has 0 fully saturated rings. The Morgan fingerprint density at radius 2 is 2.46 bits per heavy atom. The Morgan fingerprint density at radius 3 is 2.92 bits per heavy atom. The van der Waals surface area contributed by atoms with Crippen molar-refractivity contribution in [3.8, 4) is 0 Å². The molecule has 13 heavy (non-hydrogen) atoms. The summed E-state index contributed by atoms with van der Waals surface area (Å²) in [5.74, 6) is 0. The van der Waals surface area contributed by atoms with Gasteiger partial charge in [-0.2, -0.15) is 0 Å². The Morgan fingerprint density at radius 1 is 1.85 bits per heavy atom. The van der Waals surface area contributed by atoms with Gasteiger partial charge in [0, 0.05) is 5.33 Å². The summed E-state index contributed by atoms with van der Waals surface area (Å²) in [4.78, 5) is 0. The lowest BCUT2D eigenvalue weighted by atomic mass is 10.2. The van der Waals surface area contributed by atoms with E-state index >= 15 is 0 Å². The molecule has 74 valence electrons. The normalized spacial score (nSPS) is 15.8. The maximum absolute atomic E-state index is 11.0. The number of aliphatic hydroxyl groups is 1. The van der Waals surface area contributed by atoms with Gasteiger partial charge in [0.1, 0.15) is 0 Å². The molecule has 0 aliphatic rings. The van der Waals surface area contributed by atoms with Gasteiger partial charge in [-0.05, 0) is 6.07 Å². The Balaban J connectivity index is 3.04. The molecule has 1 rings (SSSR count). The number of rotatable bonds is 3. The summed E-state index contributed by atoms with van der Waals surface area (Å²) in [7, 11) is 0. The van der Waals surface area contributed by atoms with Gasteiger partial charge in [-0.1, -0.05) is 38.9 Å². The molecule has 0 aliphatic carbocycles. The first-order chi connectivity index (χ1) is 6.06. The second kappa shape index (κ2) is 4.97. The van der Waals surface area contributed by atoms with E-state index in [1.807, 2.05) is 0 Å². The first-order valence-electron chi connectivity index (χ1n) is 3.25. The van der Waals surface area contributed by atoms with Crippen LogP contribution >= 0.6 is 38.9 Å². The minimum Gasteiger partial charge on any atom is -0.592 e. The van der Waals surface area contributed by atoms with Crippen molar-refractivity contribution in [1.29, 1.82) is 0 Å². The average molecular weight is 305 g/mol. The van der Waals surface area contributed by atoms with Crippen molar-refractivity contribution in [3.05, 3.63) is 16.0 Å². The zero-order valence-electron chi connectivity index (χ0n) is 6.37. The zero-order chi connectivity index (χ0) is 10.0. The average Bonchev–Trinajstić information content (AvgIpc) is 2.46. The molecule has 0 spiro atoms. The topological polar surface area (TPSA) is 69.3 Å². The van der Waals surface area contributed by atoms with E-state index in [1.54, 1.807) is 6.07 Å². The minimum atomic E-state index is -1.59. The highest BCUT2D eigenvalue weighted by Gasteiger charge is 2.22. The molecule has 0 bridgehead atoms. The van der Waals surface area contributed by atoms with Crippen molar-refractivity contribution < 1.29 is 9.66 Å². The number of alkyl halides is 1. The lowest BCUT2D eigenvalue weighted by Crippen LogP contribution is -2.14. The first-order valence-corrected chi connectivity index (χ1v) is 6.78. The number of hydrogen-bond acceptors (Lipinski definition) is 4. The van der Waals surface area contributed by atoms with E-state index in [4.69, 9.17) is 16.7 Å². The zero-order valence-corrected chi connectivity index (χ0v) is 10.3. The fourth-order valence-electron chi connectivity index (χ4n) is 0.831. The van der Waals surface area contributed by atoms with Crippen LogP contribution in [0.3, 0.4) is 0 Å². The van der Waals surface area contributed by atoms with Crippen LogP contribution in [-0.4, -0.2) is 15.0 Å². The number of aliphatic hydroxyl groups excluding tert-OH is 1. The number of thiophene rings is 1. The molecule has 0 amide bonds. The standard InChI is InChI=1S/C6H7BrClNO2S2/c7-2-4(10)3-1-5(8)12-6(3)13(9)11/h1,4,10H,2,9H2. The van der Waals surface area contributed by atoms with Crippen LogP contribution < -0.4 is 5.14 Å². The van der Waals surface area contributed by atoms with Gasteiger partial charge in [-0.15, -0.1) is 5.14 Å². The SMILES string of the molecule is N[S+]([O-])c1sc(Cl)cc1C(O)CBr. The van der Waals surface area contributed by atoms with Gasteiger partial charge in [0.25, 0.3) is 0 Å². The molecule has 3 N–H and O–H groups in total. The molecule has 2 unspecified atom stereocenters. The van der Waals surface area contributed by atoms with E-state index in [0.717, 1.165) is 11.3 Å². The maximum Gasteiger partial charge on any atom is 0.234 e. The largest absolute Gasteiger partial charge is 0.592 e. The van der Waals surface area contributed by atoms with Crippen LogP contribution in [0.2, 0.25) is 4.34 Å². The number of nitrogens with two attached hydrogens (primary N) is 1. The van der Waals surface area contributed by atoms with Crippen molar-refractivity contribution in [2.45, 2.75) is 10.3 Å². The fraction of sp³-hybridized carbons (Fsp3) is 0.333. The predicted molar refractivity (Wildman–Crippen MR) is 58.7 cm³/mol. The monoisotopic (exact) mass is 303 g/mol. The van der Waals surface area contributed by atoms with E-state index in [-0.39, 0.29) is 0 Å². The van der Waals surface area contributed by atoms with E-state index in [1.165, 1.54) is 0 Å². The number of halogens is 2. The lowest BCUT2D eigenvalue weighted by Gasteiger charge is -2.07. The van der Waals surface area contributed by atoms with Gasteiger partial charge >= 0.3 is 0 Å². The van der Waals surface area contributed by atoms with E-state index in [9.17, 15) is 9.66 Å². The smallest absolute Gasteiger partial charge is 0.234 e. The summed E-state index contributed by atoms with van der Waals surface area (Å²) in [5, 5.41) is 15.1. The Bertz CT molecular complexity index is 294. The summed E-state index contributed by atoms with van der Waals surface area (Å²) in [6.45, 7) is 0. The number of hydrogen-bond donors (Lipinski definition) is 2. The highest BCUT2D eigenvalue weighted by atomic mass is 79.9. The Kier molecular flexibility index (Phi) is 4.50. The third kappa shape index (κ3) is 2.82. The second-order valence-electron chi connectivity index (χ2n) is 2.26. The molecule has 1 aromatic rings. The van der Waals surface area contributed by atoms with Gasteiger partial charge in [-0.25, -0.2) is 0 Å². The highest BCUT2D eigenvalue weighted by molar-refractivity contribution is 9.09. The lowest BCUT2D eigenvalue weighted by molar-refractivity contribution is 0.203. The van der Waals surface area contributed by atoms with Crippen LogP contribution in [0.1, 0.15) is 11.7 Å². The fourth-order valence-corrected chi connectivity index (χ4v) is 3.37. The van der Waals surface area contributed by atoms with Gasteiger partial charge < -0.3 is 9.66 Å². The van der Waals surface area contributed by atoms with Crippen molar-refractivity contribution >= 4 is 50.2 Å². The van der Waals surface area contributed by atoms with Gasteiger partial charge in [-0.3, -0.25) is 0 Å². The van der Waals surface area contributed by atoms with Crippen LogP contribution in [0.15, 0.2) is 10.3 Å². The summed E-state index contributed by atoms with van der Waals surface area (Å²) < 4.78 is 11.9. The molecular weight excluding hydrogens is 298 g/mol. The molecule has 7 heteroatoms. The third-order valence-electron chi connectivity index (χ3n) is 1.38. The molecule has 0 saturated carbocycles. The van der Waals surface area contributed by atoms with Gasteiger partial charge in [0.2, 0.25) is 4.21 Å². The highest BCUT2D eigenvalue weighted by Crippen LogP contribution is 2.34. The third-order valence-corrected chi connectivity index (χ3v) is 4.41. The first kappa shape index (κ1) is 11.8. The van der Waals surface area contributed by atoms with Crippen LogP contribution in [-0.2, 0) is 11.4 Å². The predicted octanol–water partition coefficient (Wildman–Crippen LogP) is 1.81. The summed E-state index contributed by atoms with van der Waals surface area (Å²) >= 11 is 8.37. The van der Waals surface area contributed by atoms with Crippen LogP contribution in [0.4, 0.5) is 0 Å². The molecule has 1 heterocycles. The molecule has 0 aromatic carbocycles. The van der Waals surface area contributed by atoms with Crippen molar-refractivity contribution in [1.82, 2.24) is 0 Å². The molecule has 3 nitrogen and oxygen atoms in total. The van der Waals surface area contributed by atoms with E-state index in [0.29, 0.717) is 19.4 Å². The van der Waals surface area contributed by atoms with Crippen molar-refractivity contribution in [2.24, 2.45) is 5.14 Å². The summed E-state index contributed by atoms with van der Waals surface area (Å²) in [6.07, 6.45) is -0.716. The van der Waals surface area contributed by atoms with Crippen molar-refractivity contribution in [3.63, 3.8) is 0 Å². The Labute approximate surface area is 96.3 Å². The Hall–Kier alpha value is 0.700. The molecule has 0 radical (unpaired) electrons. The van der Waals surface area contributed by atoms with E-state index < -0.39 is 17.5 Å². The molecule has 0 aliphatic heterocycles. The van der Waals surface area contributed by atoms with Crippen LogP contribution in [0.25, 0.3) is 0 Å². The molecule has 2 atom stereocenters. The molecular formula is C6H7BrClNO2S2. The van der Waals surface area contributed by atoms with Crippen LogP contribution in [0, 0.1) is 0 Å². The minimum absolute atomic E-state index is 0.365. The summed E-state index contributed by atoms with van der Waals surface area (Å²) in [6, 6.07) is 1.58. The van der Waals surface area contributed by atoms with Crippen LogP contribution in [0.5, 0.6) is 0 Å². The second-order valence-corrected chi connectivity index (χ2v) is 5.85. The van der Waals surface area contributed by atoms with Crippen molar-refractivity contribution in [2.75, 3.05) is 5.33 Å². The van der Waals surface area contributed by atoms with E-state index in [2.05, 4.69) is 15.9 Å². The van der Waals surface area contributed by atoms with Gasteiger partial charge in [0.15, 0.2) is 0 Å². The molecule has 0 saturated heterocycles. The maximum atomic E-state index is 11.0. The summed E-state index contributed by atoms with van der Waals surface area (Å²) in [5.41, 5.74) is 0.535. The quantitative estimate of drug-likeness (QED) is 0.661.